The SMILES string of the molecule is CCCC(=O)c1ccc(NS(=O)(=O)c2c(C)c(C)cc(C)c2C)cc1. The van der Waals surface area contributed by atoms with Crippen LogP contribution in [0.2, 0.25) is 0 Å². The maximum Gasteiger partial charge on any atom is 0.262 e. The van der Waals surface area contributed by atoms with Crippen LogP contribution in [0, 0.1) is 27.7 Å². The number of sulfonamides is 1. The molecule has 134 valence electrons. The van der Waals surface area contributed by atoms with Crippen molar-refractivity contribution in [3.05, 3.63) is 58.1 Å². The van der Waals surface area contributed by atoms with Gasteiger partial charge in [-0.25, -0.2) is 8.42 Å². The predicted octanol–water partition coefficient (Wildman–Crippen LogP) is 4.70. The van der Waals surface area contributed by atoms with E-state index in [2.05, 4.69) is 4.72 Å². The number of Topliss-reactive ketones (excluding diaryl/α,β-unsaturated/α-hetero) is 1. The lowest BCUT2D eigenvalue weighted by molar-refractivity contribution is 0.0982. The summed E-state index contributed by atoms with van der Waals surface area (Å²) in [4.78, 5) is 12.2. The van der Waals surface area contributed by atoms with Crippen molar-refractivity contribution in [2.45, 2.75) is 52.4 Å². The average Bonchev–Trinajstić information content (AvgIpc) is 2.53. The van der Waals surface area contributed by atoms with E-state index in [0.717, 1.165) is 28.7 Å². The maximum atomic E-state index is 12.9. The van der Waals surface area contributed by atoms with Crippen molar-refractivity contribution < 1.29 is 13.2 Å². The number of nitrogens with one attached hydrogen (secondary N) is 1. The van der Waals surface area contributed by atoms with Crippen molar-refractivity contribution in [1.29, 1.82) is 0 Å². The van der Waals surface area contributed by atoms with Gasteiger partial charge in [-0.1, -0.05) is 13.0 Å². The molecule has 4 nitrogen and oxygen atoms in total. The average molecular weight is 359 g/mol. The molecule has 0 atom stereocenters. The summed E-state index contributed by atoms with van der Waals surface area (Å²) >= 11 is 0. The molecule has 1 N–H and O–H groups in total. The van der Waals surface area contributed by atoms with Gasteiger partial charge in [0.05, 0.1) is 4.90 Å². The van der Waals surface area contributed by atoms with Crippen LogP contribution in [-0.2, 0) is 10.0 Å². The van der Waals surface area contributed by atoms with E-state index in [9.17, 15) is 13.2 Å². The quantitative estimate of drug-likeness (QED) is 0.760. The van der Waals surface area contributed by atoms with Gasteiger partial charge in [-0.3, -0.25) is 9.52 Å². The number of carbonyl (C=O) groups is 1. The fourth-order valence-electron chi connectivity index (χ4n) is 2.89. The van der Waals surface area contributed by atoms with Crippen molar-refractivity contribution >= 4 is 21.5 Å². The van der Waals surface area contributed by atoms with Gasteiger partial charge in [-0.2, -0.15) is 0 Å². The minimum Gasteiger partial charge on any atom is -0.294 e. The molecule has 0 bridgehead atoms. The molecule has 5 heteroatoms. The van der Waals surface area contributed by atoms with Crippen LogP contribution in [0.25, 0.3) is 0 Å². The Morgan fingerprint density at radius 3 is 1.96 bits per heavy atom. The first-order valence-electron chi connectivity index (χ1n) is 8.41. The van der Waals surface area contributed by atoms with Crippen molar-refractivity contribution in [3.63, 3.8) is 0 Å². The molecule has 0 amide bonds. The van der Waals surface area contributed by atoms with E-state index in [4.69, 9.17) is 0 Å². The molecule has 2 aromatic rings. The van der Waals surface area contributed by atoms with Crippen LogP contribution in [0.15, 0.2) is 35.2 Å². The highest BCUT2D eigenvalue weighted by atomic mass is 32.2. The molecule has 0 unspecified atom stereocenters. The third-order valence-corrected chi connectivity index (χ3v) is 6.16. The standard InChI is InChI=1S/C20H25NO3S/c1-6-7-19(22)17-8-10-18(11-9-17)21-25(23,24)20-15(4)13(2)12-14(3)16(20)5/h8-12,21H,6-7H2,1-5H3. The molecule has 0 radical (unpaired) electrons. The van der Waals surface area contributed by atoms with Crippen molar-refractivity contribution in [1.82, 2.24) is 0 Å². The second-order valence-electron chi connectivity index (χ2n) is 6.45. The van der Waals surface area contributed by atoms with E-state index in [1.807, 2.05) is 40.7 Å². The first kappa shape index (κ1) is 19.2. The molecule has 2 rings (SSSR count). The van der Waals surface area contributed by atoms with E-state index >= 15 is 0 Å². The Bertz CT molecular complexity index is 871. The Labute approximate surface area is 150 Å². The fourth-order valence-corrected chi connectivity index (χ4v) is 4.56. The molecule has 0 aromatic heterocycles. The summed E-state index contributed by atoms with van der Waals surface area (Å²) in [6.07, 6.45) is 1.28. The normalized spacial score (nSPS) is 11.4. The highest BCUT2D eigenvalue weighted by Crippen LogP contribution is 2.28. The zero-order chi connectivity index (χ0) is 18.8. The lowest BCUT2D eigenvalue weighted by Crippen LogP contribution is -2.17. The molecule has 0 saturated carbocycles. The largest absolute Gasteiger partial charge is 0.294 e. The van der Waals surface area contributed by atoms with Gasteiger partial charge in [0.1, 0.15) is 0 Å². The lowest BCUT2D eigenvalue weighted by atomic mass is 10.0. The van der Waals surface area contributed by atoms with Gasteiger partial charge >= 0.3 is 0 Å². The molecule has 0 fully saturated rings. The highest BCUT2D eigenvalue weighted by molar-refractivity contribution is 7.92. The van der Waals surface area contributed by atoms with E-state index in [-0.39, 0.29) is 5.78 Å². The summed E-state index contributed by atoms with van der Waals surface area (Å²) in [5.41, 5.74) is 4.46. The van der Waals surface area contributed by atoms with Gasteiger partial charge in [0.15, 0.2) is 5.78 Å². The Balaban J connectivity index is 2.36. The zero-order valence-electron chi connectivity index (χ0n) is 15.4. The number of hydrogen-bond donors (Lipinski definition) is 1. The highest BCUT2D eigenvalue weighted by Gasteiger charge is 2.22. The second-order valence-corrected chi connectivity index (χ2v) is 8.06. The first-order chi connectivity index (χ1) is 11.7. The molecule has 0 saturated heterocycles. The summed E-state index contributed by atoms with van der Waals surface area (Å²) in [7, 11) is -3.70. The lowest BCUT2D eigenvalue weighted by Gasteiger charge is -2.17. The summed E-state index contributed by atoms with van der Waals surface area (Å²) in [6, 6.07) is 8.59. The molecule has 2 aromatic carbocycles. The number of benzene rings is 2. The minimum absolute atomic E-state index is 0.0675. The molecule has 0 aliphatic rings. The molecule has 0 heterocycles. The molecular formula is C20H25NO3S. The number of ketones is 1. The molecule has 0 aliphatic heterocycles. The van der Waals surface area contributed by atoms with Gasteiger partial charge in [0, 0.05) is 17.7 Å². The van der Waals surface area contributed by atoms with E-state index in [1.165, 1.54) is 0 Å². The number of hydrogen-bond acceptors (Lipinski definition) is 3. The van der Waals surface area contributed by atoms with Gasteiger partial charge in [0.2, 0.25) is 0 Å². The van der Waals surface area contributed by atoms with E-state index in [1.54, 1.807) is 24.3 Å². The van der Waals surface area contributed by atoms with Gasteiger partial charge in [0.25, 0.3) is 10.0 Å². The number of anilines is 1. The van der Waals surface area contributed by atoms with E-state index < -0.39 is 10.0 Å². The monoisotopic (exact) mass is 359 g/mol. The number of carbonyl (C=O) groups excluding carboxylic acids is 1. The first-order valence-corrected chi connectivity index (χ1v) is 9.89. The fraction of sp³-hybridized carbons (Fsp3) is 0.350. The van der Waals surface area contributed by atoms with Crippen LogP contribution < -0.4 is 4.72 Å². The molecule has 0 aliphatic carbocycles. The van der Waals surface area contributed by atoms with Crippen LogP contribution >= 0.6 is 0 Å². The summed E-state index contributed by atoms with van der Waals surface area (Å²) in [6.45, 7) is 9.42. The van der Waals surface area contributed by atoms with Crippen LogP contribution in [0.4, 0.5) is 5.69 Å². The Hall–Kier alpha value is -2.14. The van der Waals surface area contributed by atoms with Crippen molar-refractivity contribution in [2.75, 3.05) is 4.72 Å². The molecular weight excluding hydrogens is 334 g/mol. The van der Waals surface area contributed by atoms with Crippen molar-refractivity contribution in [3.8, 4) is 0 Å². The molecule has 25 heavy (non-hydrogen) atoms. The van der Waals surface area contributed by atoms with Crippen LogP contribution in [-0.4, -0.2) is 14.2 Å². The van der Waals surface area contributed by atoms with Crippen LogP contribution in [0.5, 0.6) is 0 Å². The van der Waals surface area contributed by atoms with Crippen molar-refractivity contribution in [2.24, 2.45) is 0 Å². The van der Waals surface area contributed by atoms with Gasteiger partial charge in [-0.05, 0) is 80.6 Å². The second kappa shape index (κ2) is 7.40. The Kier molecular flexibility index (Phi) is 5.68. The molecule has 0 spiro atoms. The minimum atomic E-state index is -3.70. The topological polar surface area (TPSA) is 63.2 Å². The maximum absolute atomic E-state index is 12.9. The zero-order valence-corrected chi connectivity index (χ0v) is 16.3. The van der Waals surface area contributed by atoms with Gasteiger partial charge < -0.3 is 0 Å². The van der Waals surface area contributed by atoms with Crippen LogP contribution in [0.1, 0.15) is 52.4 Å². The third kappa shape index (κ3) is 4.10. The number of aryl methyl sites for hydroxylation is 2. The predicted molar refractivity (Wildman–Crippen MR) is 102 cm³/mol. The smallest absolute Gasteiger partial charge is 0.262 e. The van der Waals surface area contributed by atoms with E-state index in [0.29, 0.717) is 22.6 Å². The summed E-state index contributed by atoms with van der Waals surface area (Å²) in [5.74, 6) is 0.0675. The Morgan fingerprint density at radius 2 is 1.48 bits per heavy atom. The summed E-state index contributed by atoms with van der Waals surface area (Å²) < 4.78 is 28.4. The Morgan fingerprint density at radius 1 is 0.960 bits per heavy atom. The summed E-state index contributed by atoms with van der Waals surface area (Å²) in [5, 5.41) is 0. The van der Waals surface area contributed by atoms with Gasteiger partial charge in [-0.15, -0.1) is 0 Å². The van der Waals surface area contributed by atoms with Crippen LogP contribution in [0.3, 0.4) is 0 Å². The third-order valence-electron chi connectivity index (χ3n) is 4.50. The number of rotatable bonds is 6.